The number of esters is 1. The lowest BCUT2D eigenvalue weighted by molar-refractivity contribution is -0.161. The monoisotopic (exact) mass is 385 g/mol. The summed E-state index contributed by atoms with van der Waals surface area (Å²) in [5.41, 5.74) is 7.04. The molecule has 0 radical (unpaired) electrons. The van der Waals surface area contributed by atoms with Gasteiger partial charge in [0, 0.05) is 18.2 Å². The molecule has 1 aliphatic rings. The van der Waals surface area contributed by atoms with E-state index in [0.29, 0.717) is 11.4 Å². The number of carbonyl (C=O) groups is 1. The second-order valence-corrected chi connectivity index (χ2v) is 5.91. The normalized spacial score (nSPS) is 15.7. The van der Waals surface area contributed by atoms with Crippen LogP contribution in [0.2, 0.25) is 0 Å². The summed E-state index contributed by atoms with van der Waals surface area (Å²) in [4.78, 5) is 16.0. The summed E-state index contributed by atoms with van der Waals surface area (Å²) >= 11 is 0. The number of anilines is 1. The molecule has 1 aromatic carbocycles. The van der Waals surface area contributed by atoms with Crippen LogP contribution >= 0.6 is 0 Å². The number of halogens is 4. The Labute approximate surface area is 150 Å². The van der Waals surface area contributed by atoms with E-state index in [2.05, 4.69) is 9.72 Å². The van der Waals surface area contributed by atoms with Crippen molar-refractivity contribution in [1.82, 2.24) is 9.55 Å². The van der Waals surface area contributed by atoms with Gasteiger partial charge >= 0.3 is 12.1 Å². The summed E-state index contributed by atoms with van der Waals surface area (Å²) in [5.74, 6) is 4.29. The number of nitrogens with two attached hydrogens (primary N) is 2. The Bertz CT molecular complexity index is 931. The van der Waals surface area contributed by atoms with E-state index in [1.807, 2.05) is 0 Å². The van der Waals surface area contributed by atoms with Gasteiger partial charge in [0.15, 0.2) is 12.3 Å². The van der Waals surface area contributed by atoms with Gasteiger partial charge in [-0.05, 0) is 19.1 Å². The highest BCUT2D eigenvalue weighted by molar-refractivity contribution is 5.89. The van der Waals surface area contributed by atoms with Gasteiger partial charge in [-0.1, -0.05) is 0 Å². The van der Waals surface area contributed by atoms with E-state index >= 15 is 0 Å². The van der Waals surface area contributed by atoms with Crippen LogP contribution < -0.4 is 16.6 Å². The van der Waals surface area contributed by atoms with Crippen molar-refractivity contribution in [2.75, 3.05) is 11.6 Å². The minimum atomic E-state index is -4.66. The summed E-state index contributed by atoms with van der Waals surface area (Å²) in [6.07, 6.45) is -3.45. The number of rotatable bonds is 2. The second kappa shape index (κ2) is 6.58. The van der Waals surface area contributed by atoms with Crippen LogP contribution in [0, 0.1) is 5.82 Å². The molecule has 2 aromatic rings. The number of ether oxygens (including phenoxy) is 1. The first kappa shape index (κ1) is 18.7. The van der Waals surface area contributed by atoms with Gasteiger partial charge in [0.05, 0.1) is 22.8 Å². The first-order valence-electron chi connectivity index (χ1n) is 7.68. The zero-order valence-corrected chi connectivity index (χ0v) is 14.0. The SMILES string of the molecule is C/C(N)=C1\Cc2c(C(=O)OCC(F)(F)F)ncn2-c2ccc(F)cc2N1N. The number of hydrogen-bond acceptors (Lipinski definition) is 6. The van der Waals surface area contributed by atoms with Crippen molar-refractivity contribution < 1.29 is 27.1 Å². The lowest BCUT2D eigenvalue weighted by Gasteiger charge is -2.22. The number of hydrogen-bond donors (Lipinski definition) is 2. The Morgan fingerprint density at radius 1 is 1.33 bits per heavy atom. The van der Waals surface area contributed by atoms with Crippen molar-refractivity contribution in [3.63, 3.8) is 0 Å². The van der Waals surface area contributed by atoms with Crippen molar-refractivity contribution >= 4 is 11.7 Å². The summed E-state index contributed by atoms with van der Waals surface area (Å²) in [5, 5.41) is 1.17. The number of hydrazine groups is 1. The topological polar surface area (TPSA) is 99.4 Å². The maximum atomic E-state index is 13.7. The van der Waals surface area contributed by atoms with Crippen LogP contribution in [0.4, 0.5) is 23.2 Å². The molecule has 0 bridgehead atoms. The Morgan fingerprint density at radius 2 is 2.04 bits per heavy atom. The fourth-order valence-electron chi connectivity index (χ4n) is 2.75. The minimum Gasteiger partial charge on any atom is -0.451 e. The fourth-order valence-corrected chi connectivity index (χ4v) is 2.75. The largest absolute Gasteiger partial charge is 0.451 e. The lowest BCUT2D eigenvalue weighted by atomic mass is 10.1. The second-order valence-electron chi connectivity index (χ2n) is 5.91. The van der Waals surface area contributed by atoms with Gasteiger partial charge in [0.1, 0.15) is 12.1 Å². The van der Waals surface area contributed by atoms with Gasteiger partial charge < -0.3 is 10.5 Å². The van der Waals surface area contributed by atoms with Crippen molar-refractivity contribution in [2.45, 2.75) is 19.5 Å². The number of imidazole rings is 1. The summed E-state index contributed by atoms with van der Waals surface area (Å²) in [6, 6.07) is 3.77. The predicted octanol–water partition coefficient (Wildman–Crippen LogP) is 2.16. The van der Waals surface area contributed by atoms with Crippen molar-refractivity contribution in [3.05, 3.63) is 53.1 Å². The molecule has 4 N–H and O–H groups in total. The average Bonchev–Trinajstić information content (AvgIpc) is 2.94. The molecule has 11 heteroatoms. The maximum absolute atomic E-state index is 13.7. The molecule has 144 valence electrons. The molecule has 0 fully saturated rings. The maximum Gasteiger partial charge on any atom is 0.422 e. The third-order valence-electron chi connectivity index (χ3n) is 3.96. The van der Waals surface area contributed by atoms with E-state index in [4.69, 9.17) is 11.6 Å². The van der Waals surface area contributed by atoms with Crippen molar-refractivity contribution in [2.24, 2.45) is 11.6 Å². The highest BCUT2D eigenvalue weighted by atomic mass is 19.4. The van der Waals surface area contributed by atoms with Gasteiger partial charge in [-0.25, -0.2) is 20.0 Å². The number of benzene rings is 1. The minimum absolute atomic E-state index is 0.0222. The molecule has 3 rings (SSSR count). The van der Waals surface area contributed by atoms with E-state index in [9.17, 15) is 22.4 Å². The third kappa shape index (κ3) is 3.58. The van der Waals surface area contributed by atoms with Crippen molar-refractivity contribution in [1.29, 1.82) is 0 Å². The highest BCUT2D eigenvalue weighted by Crippen LogP contribution is 2.34. The lowest BCUT2D eigenvalue weighted by Crippen LogP contribution is -2.33. The zero-order chi connectivity index (χ0) is 19.9. The van der Waals surface area contributed by atoms with Crippen LogP contribution in [0.3, 0.4) is 0 Å². The number of fused-ring (bicyclic) bond motifs is 3. The van der Waals surface area contributed by atoms with Crippen LogP contribution in [-0.4, -0.2) is 28.3 Å². The summed E-state index contributed by atoms with van der Waals surface area (Å²) in [6.45, 7) is -0.177. The summed E-state index contributed by atoms with van der Waals surface area (Å²) in [7, 11) is 0. The van der Waals surface area contributed by atoms with Gasteiger partial charge in [-0.2, -0.15) is 13.2 Å². The van der Waals surface area contributed by atoms with Crippen LogP contribution in [0.1, 0.15) is 23.1 Å². The molecular weight excluding hydrogens is 370 g/mol. The number of alkyl halides is 3. The molecule has 0 amide bonds. The van der Waals surface area contributed by atoms with Crippen molar-refractivity contribution in [3.8, 4) is 5.69 Å². The molecule has 0 saturated heterocycles. The third-order valence-corrected chi connectivity index (χ3v) is 3.96. The number of allylic oxidation sites excluding steroid dienone is 2. The number of carbonyl (C=O) groups excluding carboxylic acids is 1. The molecule has 0 atom stereocenters. The average molecular weight is 385 g/mol. The molecule has 0 unspecified atom stereocenters. The van der Waals surface area contributed by atoms with Gasteiger partial charge in [-0.15, -0.1) is 0 Å². The Morgan fingerprint density at radius 3 is 2.67 bits per heavy atom. The molecular formula is C16H15F4N5O2. The first-order valence-corrected chi connectivity index (χ1v) is 7.68. The van der Waals surface area contributed by atoms with Gasteiger partial charge in [0.25, 0.3) is 0 Å². The van der Waals surface area contributed by atoms with E-state index in [1.165, 1.54) is 34.1 Å². The first-order chi connectivity index (χ1) is 12.6. The van der Waals surface area contributed by atoms with E-state index < -0.39 is 24.6 Å². The quantitative estimate of drug-likeness (QED) is 0.467. The number of nitrogens with zero attached hydrogens (tertiary/aromatic N) is 3. The van der Waals surface area contributed by atoms with E-state index in [1.54, 1.807) is 6.92 Å². The zero-order valence-electron chi connectivity index (χ0n) is 14.0. The molecule has 0 aliphatic carbocycles. The number of aromatic nitrogens is 2. The van der Waals surface area contributed by atoms with Crippen LogP contribution in [0.5, 0.6) is 0 Å². The van der Waals surface area contributed by atoms with Gasteiger partial charge in [-0.3, -0.25) is 9.58 Å². The molecule has 0 saturated carbocycles. The van der Waals surface area contributed by atoms with Gasteiger partial charge in [0.2, 0.25) is 0 Å². The van der Waals surface area contributed by atoms with E-state index in [0.717, 1.165) is 0 Å². The molecule has 1 aliphatic heterocycles. The smallest absolute Gasteiger partial charge is 0.422 e. The van der Waals surface area contributed by atoms with E-state index in [-0.39, 0.29) is 29.2 Å². The molecule has 7 nitrogen and oxygen atoms in total. The predicted molar refractivity (Wildman–Crippen MR) is 87.1 cm³/mol. The Hall–Kier alpha value is -3.08. The summed E-state index contributed by atoms with van der Waals surface area (Å²) < 4.78 is 56.4. The Kier molecular flexibility index (Phi) is 4.56. The van der Waals surface area contributed by atoms with Crippen LogP contribution in [0.25, 0.3) is 5.69 Å². The molecule has 27 heavy (non-hydrogen) atoms. The Balaban J connectivity index is 2.11. The van der Waals surface area contributed by atoms with Crippen LogP contribution in [-0.2, 0) is 11.2 Å². The highest BCUT2D eigenvalue weighted by Gasteiger charge is 2.33. The molecule has 2 heterocycles. The van der Waals surface area contributed by atoms with Crippen LogP contribution in [0.15, 0.2) is 35.9 Å². The molecule has 0 spiro atoms. The molecule has 1 aromatic heterocycles. The fraction of sp³-hybridized carbons (Fsp3) is 0.250. The standard InChI is InChI=1S/C16H15F4N5O2/c1-8(21)11-5-13-14(15(26)27-6-16(18,19)20)23-7-24(13)10-3-2-9(17)4-12(10)25(11)22/h2-4,7H,5-6,21-22H2,1H3/b11-8-.